The van der Waals surface area contributed by atoms with E-state index < -0.39 is 0 Å². The predicted molar refractivity (Wildman–Crippen MR) is 134 cm³/mol. The molecule has 180 valence electrons. The molecule has 1 N–H and O–H groups in total. The van der Waals surface area contributed by atoms with Gasteiger partial charge >= 0.3 is 0 Å². The number of nitrogens with zero attached hydrogens (tertiary/aromatic N) is 3. The summed E-state index contributed by atoms with van der Waals surface area (Å²) in [6, 6.07) is 13.9. The number of aryl methyl sites for hydroxylation is 2. The molecule has 2 heterocycles. The zero-order valence-corrected chi connectivity index (χ0v) is 21.1. The number of halogens is 1. The zero-order chi connectivity index (χ0) is 24.2. The molecule has 2 unspecified atom stereocenters. The molecule has 1 fully saturated rings. The van der Waals surface area contributed by atoms with Crippen LogP contribution in [0.3, 0.4) is 0 Å². The van der Waals surface area contributed by atoms with E-state index in [9.17, 15) is 4.79 Å². The third kappa shape index (κ3) is 5.68. The molecule has 1 amide bonds. The molecule has 1 aliphatic rings. The Kier molecular flexibility index (Phi) is 7.69. The minimum absolute atomic E-state index is 0.00223. The van der Waals surface area contributed by atoms with E-state index in [2.05, 4.69) is 66.3 Å². The third-order valence-corrected chi connectivity index (χ3v) is 6.87. The zero-order valence-electron chi connectivity index (χ0n) is 20.3. The van der Waals surface area contributed by atoms with Gasteiger partial charge in [0.1, 0.15) is 0 Å². The maximum absolute atomic E-state index is 13.3. The summed E-state index contributed by atoms with van der Waals surface area (Å²) in [5, 5.41) is 8.04. The van der Waals surface area contributed by atoms with Gasteiger partial charge in [-0.05, 0) is 62.4 Å². The first-order valence-electron chi connectivity index (χ1n) is 12.0. The number of carbonyl (C=O) groups excluding carboxylic acids is 1. The number of amides is 1. The van der Waals surface area contributed by atoms with E-state index in [4.69, 9.17) is 16.1 Å². The molecule has 34 heavy (non-hydrogen) atoms. The number of hydrogen-bond donors (Lipinski definition) is 1. The lowest BCUT2D eigenvalue weighted by Gasteiger charge is -2.33. The van der Waals surface area contributed by atoms with Gasteiger partial charge in [0.2, 0.25) is 17.6 Å². The maximum Gasteiger partial charge on any atom is 0.241 e. The van der Waals surface area contributed by atoms with Gasteiger partial charge in [-0.25, -0.2) is 0 Å². The number of aromatic nitrogens is 2. The lowest BCUT2D eigenvalue weighted by Crippen LogP contribution is -2.44. The van der Waals surface area contributed by atoms with E-state index >= 15 is 0 Å². The van der Waals surface area contributed by atoms with Crippen LogP contribution in [-0.4, -0.2) is 34.0 Å². The van der Waals surface area contributed by atoms with Crippen molar-refractivity contribution >= 4 is 17.5 Å². The second-order valence-corrected chi connectivity index (χ2v) is 10.1. The monoisotopic (exact) mass is 480 g/mol. The highest BCUT2D eigenvalue weighted by Gasteiger charge is 2.30. The van der Waals surface area contributed by atoms with Gasteiger partial charge in [0, 0.05) is 12.1 Å². The van der Waals surface area contributed by atoms with Crippen molar-refractivity contribution in [1.82, 2.24) is 20.4 Å². The minimum Gasteiger partial charge on any atom is -0.349 e. The average Bonchev–Trinajstić information content (AvgIpc) is 3.26. The van der Waals surface area contributed by atoms with Crippen LogP contribution in [0.15, 0.2) is 47.0 Å². The number of likely N-dealkylation sites (tertiary alicyclic amines) is 1. The fourth-order valence-corrected chi connectivity index (χ4v) is 4.94. The average molecular weight is 481 g/mol. The van der Waals surface area contributed by atoms with E-state index in [1.54, 1.807) is 0 Å². The van der Waals surface area contributed by atoms with Gasteiger partial charge < -0.3 is 9.84 Å². The summed E-state index contributed by atoms with van der Waals surface area (Å²) in [5.41, 5.74) is 4.40. The van der Waals surface area contributed by atoms with Gasteiger partial charge in [0.25, 0.3) is 0 Å². The summed E-state index contributed by atoms with van der Waals surface area (Å²) < 4.78 is 5.49. The first-order valence-corrected chi connectivity index (χ1v) is 12.4. The first-order chi connectivity index (χ1) is 16.3. The molecular weight excluding hydrogens is 448 g/mol. The van der Waals surface area contributed by atoms with E-state index in [0.717, 1.165) is 24.9 Å². The van der Waals surface area contributed by atoms with Crippen molar-refractivity contribution in [1.29, 1.82) is 0 Å². The van der Waals surface area contributed by atoms with Crippen molar-refractivity contribution in [3.05, 3.63) is 70.1 Å². The molecule has 1 aromatic heterocycles. The van der Waals surface area contributed by atoms with Gasteiger partial charge in [-0.1, -0.05) is 66.5 Å². The van der Waals surface area contributed by atoms with Crippen molar-refractivity contribution in [2.24, 2.45) is 11.8 Å². The summed E-state index contributed by atoms with van der Waals surface area (Å²) in [6.45, 7) is 10.6. The molecule has 7 heteroatoms. The Balaban J connectivity index is 1.40. The molecule has 4 rings (SSSR count). The minimum atomic E-state index is -0.0632. The molecule has 1 aliphatic heterocycles. The Labute approximate surface area is 206 Å². The van der Waals surface area contributed by atoms with Gasteiger partial charge in [0.05, 0.1) is 23.5 Å². The van der Waals surface area contributed by atoms with Crippen molar-refractivity contribution in [3.8, 4) is 11.4 Å². The summed E-state index contributed by atoms with van der Waals surface area (Å²) in [6.07, 6.45) is 1.84. The highest BCUT2D eigenvalue weighted by Crippen LogP contribution is 2.28. The topological polar surface area (TPSA) is 71.3 Å². The van der Waals surface area contributed by atoms with E-state index in [0.29, 0.717) is 35.7 Å². The van der Waals surface area contributed by atoms with Crippen LogP contribution in [0, 0.1) is 25.7 Å². The molecule has 0 radical (unpaired) electrons. The molecule has 1 saturated heterocycles. The SMILES string of the molecule is Cc1ccc(C(NC(=O)C2CCCN(Cc3nc(-c4ccccc4Cl)no3)C2)C(C)C)c(C)c1. The molecule has 6 nitrogen and oxygen atoms in total. The molecule has 2 aromatic carbocycles. The Bertz CT molecular complexity index is 1140. The van der Waals surface area contributed by atoms with Crippen LogP contribution in [0.1, 0.15) is 55.3 Å². The summed E-state index contributed by atoms with van der Waals surface area (Å²) >= 11 is 6.26. The standard InChI is InChI=1S/C27H33ClN4O2/c1-17(2)25(21-12-11-18(3)14-19(21)4)30-27(33)20-8-7-13-32(15-20)16-24-29-26(31-34-24)22-9-5-6-10-23(22)28/h5-6,9-12,14,17,20,25H,7-8,13,15-16H2,1-4H3,(H,30,33). The number of rotatable bonds is 7. The number of benzene rings is 2. The molecule has 2 atom stereocenters. The molecule has 0 aliphatic carbocycles. The van der Waals surface area contributed by atoms with Crippen LogP contribution in [0.5, 0.6) is 0 Å². The Morgan fingerprint density at radius 2 is 2.03 bits per heavy atom. The molecule has 0 saturated carbocycles. The fourth-order valence-electron chi connectivity index (χ4n) is 4.72. The number of carbonyl (C=O) groups is 1. The largest absolute Gasteiger partial charge is 0.349 e. The Hall–Kier alpha value is -2.70. The van der Waals surface area contributed by atoms with Crippen LogP contribution in [0.25, 0.3) is 11.4 Å². The number of nitrogens with one attached hydrogen (secondary N) is 1. The van der Waals surface area contributed by atoms with Crippen molar-refractivity contribution in [2.75, 3.05) is 13.1 Å². The second-order valence-electron chi connectivity index (χ2n) is 9.66. The van der Waals surface area contributed by atoms with Gasteiger partial charge in [-0.2, -0.15) is 4.98 Å². The summed E-state index contributed by atoms with van der Waals surface area (Å²) in [5.74, 6) is 1.37. The van der Waals surface area contributed by atoms with Crippen LogP contribution in [0.2, 0.25) is 5.02 Å². The van der Waals surface area contributed by atoms with Gasteiger partial charge in [-0.3, -0.25) is 9.69 Å². The fraction of sp³-hybridized carbons (Fsp3) is 0.444. The Morgan fingerprint density at radius 3 is 2.76 bits per heavy atom. The van der Waals surface area contributed by atoms with E-state index in [-0.39, 0.29) is 17.9 Å². The van der Waals surface area contributed by atoms with Crippen LogP contribution in [-0.2, 0) is 11.3 Å². The summed E-state index contributed by atoms with van der Waals surface area (Å²) in [7, 11) is 0. The van der Waals surface area contributed by atoms with Gasteiger partial charge in [0.15, 0.2) is 0 Å². The lowest BCUT2D eigenvalue weighted by molar-refractivity contribution is -0.128. The van der Waals surface area contributed by atoms with Crippen molar-refractivity contribution in [3.63, 3.8) is 0 Å². The van der Waals surface area contributed by atoms with Gasteiger partial charge in [-0.15, -0.1) is 0 Å². The summed E-state index contributed by atoms with van der Waals surface area (Å²) in [4.78, 5) is 20.0. The van der Waals surface area contributed by atoms with Crippen LogP contribution >= 0.6 is 11.6 Å². The number of piperidine rings is 1. The molecule has 0 spiro atoms. The smallest absolute Gasteiger partial charge is 0.241 e. The maximum atomic E-state index is 13.3. The number of hydrogen-bond acceptors (Lipinski definition) is 5. The van der Waals surface area contributed by atoms with E-state index in [1.165, 1.54) is 16.7 Å². The third-order valence-electron chi connectivity index (χ3n) is 6.54. The highest BCUT2D eigenvalue weighted by molar-refractivity contribution is 6.33. The highest BCUT2D eigenvalue weighted by atomic mass is 35.5. The van der Waals surface area contributed by atoms with Crippen LogP contribution < -0.4 is 5.32 Å². The Morgan fingerprint density at radius 1 is 1.24 bits per heavy atom. The van der Waals surface area contributed by atoms with E-state index in [1.807, 2.05) is 24.3 Å². The first kappa shape index (κ1) is 24.4. The normalized spacial score (nSPS) is 17.6. The van der Waals surface area contributed by atoms with Crippen molar-refractivity contribution in [2.45, 2.75) is 53.1 Å². The molecule has 0 bridgehead atoms. The molecular formula is C27H33ClN4O2. The van der Waals surface area contributed by atoms with Crippen LogP contribution in [0.4, 0.5) is 0 Å². The quantitative estimate of drug-likeness (QED) is 0.467. The van der Waals surface area contributed by atoms with Crippen molar-refractivity contribution < 1.29 is 9.32 Å². The second kappa shape index (κ2) is 10.7. The lowest BCUT2D eigenvalue weighted by atomic mass is 9.90. The molecule has 3 aromatic rings. The predicted octanol–water partition coefficient (Wildman–Crippen LogP) is 5.73.